The first-order valence-electron chi connectivity index (χ1n) is 12.3. The lowest BCUT2D eigenvalue weighted by Crippen LogP contribution is -2.44. The second-order valence-electron chi connectivity index (χ2n) is 8.98. The number of benzene rings is 1. The van der Waals surface area contributed by atoms with Gasteiger partial charge in [0.2, 0.25) is 11.8 Å². The van der Waals surface area contributed by atoms with Gasteiger partial charge in [-0.15, -0.1) is 11.3 Å². The van der Waals surface area contributed by atoms with Gasteiger partial charge in [0.25, 0.3) is 5.56 Å². The number of oxazole rings is 1. The van der Waals surface area contributed by atoms with Gasteiger partial charge in [-0.05, 0) is 43.5 Å². The molecule has 38 heavy (non-hydrogen) atoms. The highest BCUT2D eigenvalue weighted by Crippen LogP contribution is 2.37. The molecule has 0 bridgehead atoms. The molecule has 1 aromatic carbocycles. The third-order valence-electron chi connectivity index (χ3n) is 6.61. The molecule has 1 amide bonds. The number of hydrogen-bond acceptors (Lipinski definition) is 8. The van der Waals surface area contributed by atoms with E-state index in [4.69, 9.17) is 13.9 Å². The van der Waals surface area contributed by atoms with Gasteiger partial charge in [0.15, 0.2) is 0 Å². The number of amides is 1. The molecule has 0 unspecified atom stereocenters. The van der Waals surface area contributed by atoms with Gasteiger partial charge in [0, 0.05) is 18.7 Å². The summed E-state index contributed by atoms with van der Waals surface area (Å²) >= 11 is 1.19. The highest BCUT2D eigenvalue weighted by Gasteiger charge is 2.33. The van der Waals surface area contributed by atoms with E-state index in [-0.39, 0.29) is 12.5 Å². The molecule has 12 heteroatoms. The average Bonchev–Trinajstić information content (AvgIpc) is 3.65. The van der Waals surface area contributed by atoms with Gasteiger partial charge in [0.05, 0.1) is 30.1 Å². The predicted octanol–water partition coefficient (Wildman–Crippen LogP) is 3.56. The fraction of sp³-hybridized carbons (Fsp3) is 0.385. The molecule has 0 aliphatic carbocycles. The Morgan fingerprint density at radius 3 is 2.79 bits per heavy atom. The first kappa shape index (κ1) is 25.9. The van der Waals surface area contributed by atoms with Crippen LogP contribution in [-0.4, -0.2) is 40.3 Å². The van der Waals surface area contributed by atoms with E-state index in [0.717, 1.165) is 4.57 Å². The number of fused-ring (bicyclic) bond motifs is 1. The standard InChI is InChI=1S/C26H27FN4O6S/c1-4-10-36-19(16-12-15(27)5-6-18(16)35-3)13-30-25-20(14(2)21(38-25)23-29-9-11-37-23)24(33)31(26(30)34)17-7-8-28-22(17)32/h5-6,9,11-12,17,19H,4,7-8,10,13H2,1-3H3,(H,28,32)/t17-,19+/m1/s1. The molecule has 200 valence electrons. The lowest BCUT2D eigenvalue weighted by molar-refractivity contribution is -0.122. The number of halogens is 1. The van der Waals surface area contributed by atoms with Crippen molar-refractivity contribution >= 4 is 27.5 Å². The summed E-state index contributed by atoms with van der Waals surface area (Å²) in [4.78, 5) is 45.5. The third kappa shape index (κ3) is 4.43. The molecular formula is C26H27FN4O6S. The zero-order chi connectivity index (χ0) is 27.0. The van der Waals surface area contributed by atoms with Crippen molar-refractivity contribution in [2.45, 2.75) is 45.4 Å². The fourth-order valence-electron chi connectivity index (χ4n) is 4.79. The number of hydrogen-bond donors (Lipinski definition) is 1. The Morgan fingerprint density at radius 1 is 1.32 bits per heavy atom. The molecule has 4 aromatic rings. The van der Waals surface area contributed by atoms with Gasteiger partial charge in [-0.25, -0.2) is 18.7 Å². The van der Waals surface area contributed by atoms with Gasteiger partial charge >= 0.3 is 5.69 Å². The molecule has 0 radical (unpaired) electrons. The molecule has 2 atom stereocenters. The van der Waals surface area contributed by atoms with Crippen LogP contribution < -0.4 is 21.3 Å². The lowest BCUT2D eigenvalue weighted by Gasteiger charge is -2.23. The summed E-state index contributed by atoms with van der Waals surface area (Å²) in [7, 11) is 1.47. The number of carbonyl (C=O) groups is 1. The molecule has 1 saturated heterocycles. The first-order chi connectivity index (χ1) is 18.3. The van der Waals surface area contributed by atoms with Crippen molar-refractivity contribution in [2.75, 3.05) is 20.3 Å². The molecule has 0 spiro atoms. The summed E-state index contributed by atoms with van der Waals surface area (Å²) in [6.07, 6.45) is 3.14. The Bertz CT molecular complexity index is 1610. The zero-order valence-corrected chi connectivity index (χ0v) is 22.0. The minimum atomic E-state index is -0.936. The smallest absolute Gasteiger partial charge is 0.332 e. The second kappa shape index (κ2) is 10.5. The summed E-state index contributed by atoms with van der Waals surface area (Å²) < 4.78 is 33.8. The maximum atomic E-state index is 14.3. The molecule has 1 N–H and O–H groups in total. The number of rotatable bonds is 9. The summed E-state index contributed by atoms with van der Waals surface area (Å²) in [5, 5.41) is 2.99. The molecule has 1 aliphatic rings. The van der Waals surface area contributed by atoms with E-state index >= 15 is 0 Å². The predicted molar refractivity (Wildman–Crippen MR) is 139 cm³/mol. The van der Waals surface area contributed by atoms with Crippen LogP contribution in [0.25, 0.3) is 21.0 Å². The van der Waals surface area contributed by atoms with Gasteiger partial charge in [-0.1, -0.05) is 6.92 Å². The molecule has 1 aliphatic heterocycles. The van der Waals surface area contributed by atoms with Crippen LogP contribution in [-0.2, 0) is 16.1 Å². The number of nitrogens with one attached hydrogen (secondary N) is 1. The van der Waals surface area contributed by atoms with Crippen molar-refractivity contribution < 1.29 is 23.1 Å². The van der Waals surface area contributed by atoms with E-state index in [1.807, 2.05) is 6.92 Å². The van der Waals surface area contributed by atoms with Gasteiger partial charge in [-0.2, -0.15) is 0 Å². The summed E-state index contributed by atoms with van der Waals surface area (Å²) in [6.45, 7) is 4.36. The normalized spacial score (nSPS) is 16.2. The van der Waals surface area contributed by atoms with Crippen molar-refractivity contribution in [1.29, 1.82) is 0 Å². The van der Waals surface area contributed by atoms with E-state index < -0.39 is 29.2 Å². The Balaban J connectivity index is 1.76. The van der Waals surface area contributed by atoms with Crippen LogP contribution in [0.5, 0.6) is 5.75 Å². The number of thiophene rings is 1. The first-order valence-corrected chi connectivity index (χ1v) is 13.1. The van der Waals surface area contributed by atoms with E-state index in [1.54, 1.807) is 6.92 Å². The Kier molecular flexibility index (Phi) is 7.17. The number of nitrogens with zero attached hydrogens (tertiary/aromatic N) is 3. The van der Waals surface area contributed by atoms with E-state index in [0.29, 0.717) is 63.9 Å². The van der Waals surface area contributed by atoms with E-state index in [1.165, 1.54) is 53.7 Å². The molecular weight excluding hydrogens is 515 g/mol. The lowest BCUT2D eigenvalue weighted by atomic mass is 10.1. The van der Waals surface area contributed by atoms with Crippen molar-refractivity contribution in [1.82, 2.24) is 19.4 Å². The average molecular weight is 543 g/mol. The van der Waals surface area contributed by atoms with Crippen molar-refractivity contribution in [3.8, 4) is 16.5 Å². The Morgan fingerprint density at radius 2 is 2.13 bits per heavy atom. The van der Waals surface area contributed by atoms with Gasteiger partial charge < -0.3 is 19.2 Å². The largest absolute Gasteiger partial charge is 0.496 e. The molecule has 10 nitrogen and oxygen atoms in total. The van der Waals surface area contributed by atoms with Crippen LogP contribution in [0.3, 0.4) is 0 Å². The maximum absolute atomic E-state index is 14.3. The third-order valence-corrected chi connectivity index (χ3v) is 7.91. The van der Waals surface area contributed by atoms with E-state index in [9.17, 15) is 18.8 Å². The SMILES string of the molecule is CCCO[C@@H](Cn1c(=O)n([C@@H]2CCNC2=O)c(=O)c2c(C)c(-c3ncco3)sc21)c1cc(F)ccc1OC. The van der Waals surface area contributed by atoms with Crippen LogP contribution in [0.4, 0.5) is 4.39 Å². The summed E-state index contributed by atoms with van der Waals surface area (Å²) in [5.41, 5.74) is -0.180. The number of ether oxygens (including phenoxy) is 2. The van der Waals surface area contributed by atoms with Crippen molar-refractivity contribution in [2.24, 2.45) is 0 Å². The summed E-state index contributed by atoms with van der Waals surface area (Å²) in [6, 6.07) is 3.17. The Hall–Kier alpha value is -3.77. The van der Waals surface area contributed by atoms with Gasteiger partial charge in [0.1, 0.15) is 34.8 Å². The van der Waals surface area contributed by atoms with Gasteiger partial charge in [-0.3, -0.25) is 14.2 Å². The van der Waals surface area contributed by atoms with Crippen LogP contribution in [0.1, 0.15) is 43.0 Å². The number of methoxy groups -OCH3 is 1. The quantitative estimate of drug-likeness (QED) is 0.344. The molecule has 5 rings (SSSR count). The van der Waals surface area contributed by atoms with Crippen LogP contribution in [0, 0.1) is 12.7 Å². The monoisotopic (exact) mass is 542 g/mol. The highest BCUT2D eigenvalue weighted by molar-refractivity contribution is 7.22. The number of carbonyl (C=O) groups excluding carboxylic acids is 1. The topological polar surface area (TPSA) is 118 Å². The number of aromatic nitrogens is 3. The van der Waals surface area contributed by atoms with E-state index in [2.05, 4.69) is 10.3 Å². The minimum Gasteiger partial charge on any atom is -0.496 e. The Labute approximate surface area is 220 Å². The fourth-order valence-corrected chi connectivity index (χ4v) is 6.03. The van der Waals surface area contributed by atoms with Crippen LogP contribution in [0.15, 0.2) is 44.7 Å². The molecule has 0 saturated carbocycles. The van der Waals surface area contributed by atoms with Crippen LogP contribution >= 0.6 is 11.3 Å². The zero-order valence-electron chi connectivity index (χ0n) is 21.2. The second-order valence-corrected chi connectivity index (χ2v) is 9.98. The maximum Gasteiger partial charge on any atom is 0.332 e. The summed E-state index contributed by atoms with van der Waals surface area (Å²) in [5.74, 6) is -0.142. The number of aryl methyl sites for hydroxylation is 1. The molecule has 1 fully saturated rings. The van der Waals surface area contributed by atoms with Crippen LogP contribution in [0.2, 0.25) is 0 Å². The minimum absolute atomic E-state index is 0.0469. The van der Waals surface area contributed by atoms with Crippen molar-refractivity contribution in [3.63, 3.8) is 0 Å². The van der Waals surface area contributed by atoms with Crippen molar-refractivity contribution in [3.05, 3.63) is 68.4 Å². The highest BCUT2D eigenvalue weighted by atomic mass is 32.1. The molecule has 4 heterocycles. The molecule has 3 aromatic heterocycles.